The van der Waals surface area contributed by atoms with Gasteiger partial charge in [0.1, 0.15) is 10.9 Å². The van der Waals surface area contributed by atoms with Gasteiger partial charge in [0.2, 0.25) is 10.0 Å². The van der Waals surface area contributed by atoms with Gasteiger partial charge in [0.05, 0.1) is 17.6 Å². The number of rotatable bonds is 4. The highest BCUT2D eigenvalue weighted by atomic mass is 35.5. The van der Waals surface area contributed by atoms with Crippen molar-refractivity contribution in [3.63, 3.8) is 0 Å². The second-order valence-corrected chi connectivity index (χ2v) is 7.89. The van der Waals surface area contributed by atoms with Crippen LogP contribution in [0.15, 0.2) is 35.4 Å². The van der Waals surface area contributed by atoms with Gasteiger partial charge >= 0.3 is 5.97 Å². The number of carboxylic acids is 1. The molecule has 1 aliphatic heterocycles. The van der Waals surface area contributed by atoms with Crippen LogP contribution in [0, 0.1) is 6.92 Å². The molecule has 1 fully saturated rings. The lowest BCUT2D eigenvalue weighted by atomic mass is 10.2. The summed E-state index contributed by atoms with van der Waals surface area (Å²) in [6, 6.07) is 5.82. The maximum Gasteiger partial charge on any atom is 0.322 e. The van der Waals surface area contributed by atoms with Crippen LogP contribution in [0.3, 0.4) is 0 Å². The minimum absolute atomic E-state index is 0.0191. The number of hydrogen-bond acceptors (Lipinski definition) is 4. The highest BCUT2D eigenvalue weighted by Crippen LogP contribution is 2.28. The maximum atomic E-state index is 12.9. The third-order valence-corrected chi connectivity index (χ3v) is 6.37. The molecule has 0 saturated carbocycles. The molecule has 0 unspecified atom stereocenters. The Morgan fingerprint density at radius 2 is 2.00 bits per heavy atom. The van der Waals surface area contributed by atoms with Crippen LogP contribution in [0.25, 0.3) is 5.69 Å². The van der Waals surface area contributed by atoms with Crippen molar-refractivity contribution in [2.75, 3.05) is 6.54 Å². The smallest absolute Gasteiger partial charge is 0.322 e. The Morgan fingerprint density at radius 3 is 2.62 bits per heavy atom. The van der Waals surface area contributed by atoms with E-state index in [4.69, 9.17) is 11.6 Å². The molecule has 0 bridgehead atoms. The van der Waals surface area contributed by atoms with Gasteiger partial charge in [0.15, 0.2) is 0 Å². The standard InChI is InChI=1S/C15H16ClN3O4S/c1-10-14(9-17-19(10)12-6-4-11(16)5-7-12)24(22,23)18-8-2-3-13(18)15(20)21/h4-7,9,13H,2-3,8H2,1H3,(H,20,21)/t13-/m1/s1. The zero-order valence-electron chi connectivity index (χ0n) is 12.9. The second kappa shape index (κ2) is 6.19. The molecule has 0 radical (unpaired) electrons. The van der Waals surface area contributed by atoms with Crippen molar-refractivity contribution < 1.29 is 18.3 Å². The minimum atomic E-state index is -3.92. The quantitative estimate of drug-likeness (QED) is 0.890. The molecule has 7 nitrogen and oxygen atoms in total. The molecule has 2 aromatic rings. The fourth-order valence-electron chi connectivity index (χ4n) is 2.89. The van der Waals surface area contributed by atoms with Crippen molar-refractivity contribution in [1.82, 2.24) is 14.1 Å². The molecule has 1 aliphatic rings. The Morgan fingerprint density at radius 1 is 1.33 bits per heavy atom. The zero-order chi connectivity index (χ0) is 17.5. The molecule has 1 atom stereocenters. The third kappa shape index (κ3) is 2.81. The number of benzene rings is 1. The van der Waals surface area contributed by atoms with Crippen LogP contribution in [0.4, 0.5) is 0 Å². The van der Waals surface area contributed by atoms with E-state index in [0.717, 1.165) is 4.31 Å². The van der Waals surface area contributed by atoms with E-state index in [1.54, 1.807) is 31.2 Å². The minimum Gasteiger partial charge on any atom is -0.480 e. The van der Waals surface area contributed by atoms with Crippen LogP contribution in [-0.4, -0.2) is 46.2 Å². The first kappa shape index (κ1) is 16.9. The number of halogens is 1. The summed E-state index contributed by atoms with van der Waals surface area (Å²) in [5.41, 5.74) is 1.10. The highest BCUT2D eigenvalue weighted by molar-refractivity contribution is 7.89. The van der Waals surface area contributed by atoms with E-state index < -0.39 is 22.0 Å². The van der Waals surface area contributed by atoms with Gasteiger partial charge in [-0.2, -0.15) is 9.40 Å². The third-order valence-electron chi connectivity index (χ3n) is 4.11. The van der Waals surface area contributed by atoms with E-state index in [0.29, 0.717) is 29.2 Å². The van der Waals surface area contributed by atoms with Gasteiger partial charge in [0.25, 0.3) is 0 Å². The molecular formula is C15H16ClN3O4S. The summed E-state index contributed by atoms with van der Waals surface area (Å²) in [4.78, 5) is 11.3. The highest BCUT2D eigenvalue weighted by Gasteiger charge is 2.40. The largest absolute Gasteiger partial charge is 0.480 e. The number of carboxylic acid groups (broad SMARTS) is 1. The average Bonchev–Trinajstić information content (AvgIpc) is 3.15. The first-order valence-electron chi connectivity index (χ1n) is 7.37. The normalized spacial score (nSPS) is 18.8. The van der Waals surface area contributed by atoms with Crippen LogP contribution >= 0.6 is 11.6 Å². The number of nitrogens with zero attached hydrogens (tertiary/aromatic N) is 3. The summed E-state index contributed by atoms with van der Waals surface area (Å²) >= 11 is 5.86. The molecular weight excluding hydrogens is 354 g/mol. The van der Waals surface area contributed by atoms with Crippen LogP contribution in [-0.2, 0) is 14.8 Å². The van der Waals surface area contributed by atoms with Gasteiger partial charge in [0, 0.05) is 11.6 Å². The average molecular weight is 370 g/mol. The molecule has 1 aromatic carbocycles. The predicted octanol–water partition coefficient (Wildman–Crippen LogP) is 2.07. The summed E-state index contributed by atoms with van der Waals surface area (Å²) in [6.45, 7) is 1.84. The Hall–Kier alpha value is -1.90. The van der Waals surface area contributed by atoms with E-state index in [-0.39, 0.29) is 11.4 Å². The molecule has 9 heteroatoms. The first-order valence-corrected chi connectivity index (χ1v) is 9.19. The lowest BCUT2D eigenvalue weighted by molar-refractivity contribution is -0.140. The summed E-state index contributed by atoms with van der Waals surface area (Å²) in [5.74, 6) is -1.13. The molecule has 0 amide bonds. The molecule has 24 heavy (non-hydrogen) atoms. The lowest BCUT2D eigenvalue weighted by Gasteiger charge is -2.20. The van der Waals surface area contributed by atoms with Crippen molar-refractivity contribution in [1.29, 1.82) is 0 Å². The van der Waals surface area contributed by atoms with E-state index in [9.17, 15) is 18.3 Å². The van der Waals surface area contributed by atoms with Crippen molar-refractivity contribution in [3.05, 3.63) is 41.2 Å². The van der Waals surface area contributed by atoms with Gasteiger partial charge in [-0.25, -0.2) is 13.1 Å². The molecule has 1 saturated heterocycles. The van der Waals surface area contributed by atoms with Crippen molar-refractivity contribution >= 4 is 27.6 Å². The summed E-state index contributed by atoms with van der Waals surface area (Å²) in [7, 11) is -3.92. The Kier molecular flexibility index (Phi) is 4.37. The van der Waals surface area contributed by atoms with Crippen molar-refractivity contribution in [3.8, 4) is 5.69 Å². The Labute approximate surface area is 144 Å². The molecule has 128 valence electrons. The van der Waals surface area contributed by atoms with Crippen LogP contribution < -0.4 is 0 Å². The number of sulfonamides is 1. The van der Waals surface area contributed by atoms with Crippen LogP contribution in [0.5, 0.6) is 0 Å². The lowest BCUT2D eigenvalue weighted by Crippen LogP contribution is -2.40. The number of aliphatic carboxylic acids is 1. The van der Waals surface area contributed by atoms with Crippen molar-refractivity contribution in [2.24, 2.45) is 0 Å². The summed E-state index contributed by atoms with van der Waals surface area (Å²) < 4.78 is 28.3. The van der Waals surface area contributed by atoms with E-state index in [2.05, 4.69) is 5.10 Å². The fraction of sp³-hybridized carbons (Fsp3) is 0.333. The van der Waals surface area contributed by atoms with Gasteiger partial charge < -0.3 is 5.11 Å². The Balaban J connectivity index is 2.01. The first-order chi connectivity index (χ1) is 11.3. The molecule has 0 aliphatic carbocycles. The van der Waals surface area contributed by atoms with E-state index in [1.807, 2.05) is 0 Å². The number of carbonyl (C=O) groups is 1. The SMILES string of the molecule is Cc1c(S(=O)(=O)N2CCC[C@@H]2C(=O)O)cnn1-c1ccc(Cl)cc1. The maximum absolute atomic E-state index is 12.9. The topological polar surface area (TPSA) is 92.5 Å². The summed E-state index contributed by atoms with van der Waals surface area (Å²) in [5, 5.41) is 13.9. The van der Waals surface area contributed by atoms with Crippen LogP contribution in [0.2, 0.25) is 5.02 Å². The van der Waals surface area contributed by atoms with Gasteiger partial charge in [-0.1, -0.05) is 11.6 Å². The number of hydrogen-bond donors (Lipinski definition) is 1. The van der Waals surface area contributed by atoms with Crippen molar-refractivity contribution in [2.45, 2.75) is 30.7 Å². The van der Waals surface area contributed by atoms with Gasteiger partial charge in [-0.05, 0) is 44.0 Å². The summed E-state index contributed by atoms with van der Waals surface area (Å²) in [6.07, 6.45) is 2.11. The molecule has 1 N–H and O–H groups in total. The molecule has 1 aromatic heterocycles. The number of aromatic nitrogens is 2. The second-order valence-electron chi connectivity index (χ2n) is 5.59. The molecule has 0 spiro atoms. The fourth-order valence-corrected chi connectivity index (χ4v) is 4.81. The zero-order valence-corrected chi connectivity index (χ0v) is 14.5. The molecule has 3 rings (SSSR count). The monoisotopic (exact) mass is 369 g/mol. The Bertz CT molecular complexity index is 877. The predicted molar refractivity (Wildman–Crippen MR) is 87.9 cm³/mol. The van der Waals surface area contributed by atoms with E-state index in [1.165, 1.54) is 10.9 Å². The van der Waals surface area contributed by atoms with Gasteiger partial charge in [-0.3, -0.25) is 4.79 Å². The molecule has 2 heterocycles. The van der Waals surface area contributed by atoms with Crippen LogP contribution in [0.1, 0.15) is 18.5 Å². The van der Waals surface area contributed by atoms with Gasteiger partial charge in [-0.15, -0.1) is 0 Å². The van der Waals surface area contributed by atoms with E-state index >= 15 is 0 Å².